The Bertz CT molecular complexity index is 466. The number of fused-ring (bicyclic) bond motifs is 1. The average Bonchev–Trinajstić information content (AvgIpc) is 2.28. The van der Waals surface area contributed by atoms with Gasteiger partial charge in [-0.15, -0.1) is 0 Å². The third-order valence-corrected chi connectivity index (χ3v) is 2.54. The van der Waals surface area contributed by atoms with Gasteiger partial charge < -0.3 is 14.6 Å². The summed E-state index contributed by atoms with van der Waals surface area (Å²) in [6, 6.07) is 4.47. The van der Waals surface area contributed by atoms with Crippen LogP contribution in [0, 0.1) is 5.92 Å². The van der Waals surface area contributed by atoms with E-state index in [1.165, 1.54) is 12.1 Å². The van der Waals surface area contributed by atoms with E-state index in [4.69, 9.17) is 9.47 Å². The van der Waals surface area contributed by atoms with Gasteiger partial charge in [-0.05, 0) is 18.6 Å². The second-order valence-corrected chi connectivity index (χ2v) is 3.72. The quantitative estimate of drug-likeness (QED) is 0.471. The van der Waals surface area contributed by atoms with Gasteiger partial charge >= 0.3 is 11.9 Å². The molecule has 0 spiro atoms. The van der Waals surface area contributed by atoms with Gasteiger partial charge in [-0.1, -0.05) is 6.07 Å². The van der Waals surface area contributed by atoms with E-state index >= 15 is 0 Å². The SMILES string of the molecule is CCOC(=O)C1Cc2ccc(O)cc2OC1=O. The highest BCUT2D eigenvalue weighted by Gasteiger charge is 2.35. The van der Waals surface area contributed by atoms with E-state index in [1.54, 1.807) is 13.0 Å². The van der Waals surface area contributed by atoms with E-state index in [-0.39, 0.29) is 18.8 Å². The van der Waals surface area contributed by atoms with Crippen molar-refractivity contribution in [3.63, 3.8) is 0 Å². The van der Waals surface area contributed by atoms with Gasteiger partial charge in [0.1, 0.15) is 11.5 Å². The number of carbonyl (C=O) groups is 2. The van der Waals surface area contributed by atoms with Crippen LogP contribution >= 0.6 is 0 Å². The van der Waals surface area contributed by atoms with Crippen molar-refractivity contribution in [3.8, 4) is 11.5 Å². The lowest BCUT2D eigenvalue weighted by molar-refractivity contribution is -0.157. The number of benzene rings is 1. The molecule has 0 aliphatic carbocycles. The lowest BCUT2D eigenvalue weighted by Crippen LogP contribution is -2.34. The first-order valence-electron chi connectivity index (χ1n) is 5.32. The summed E-state index contributed by atoms with van der Waals surface area (Å²) in [6.07, 6.45) is 0.243. The molecule has 90 valence electrons. The topological polar surface area (TPSA) is 72.8 Å². The fraction of sp³-hybridized carbons (Fsp3) is 0.333. The van der Waals surface area contributed by atoms with Crippen molar-refractivity contribution in [2.45, 2.75) is 13.3 Å². The van der Waals surface area contributed by atoms with Crippen molar-refractivity contribution in [3.05, 3.63) is 23.8 Å². The van der Waals surface area contributed by atoms with Crippen molar-refractivity contribution in [1.82, 2.24) is 0 Å². The highest BCUT2D eigenvalue weighted by Crippen LogP contribution is 2.31. The Kier molecular flexibility index (Phi) is 2.99. The smallest absolute Gasteiger partial charge is 0.326 e. The number of aromatic hydroxyl groups is 1. The Morgan fingerprint density at radius 3 is 3.06 bits per heavy atom. The molecule has 0 saturated carbocycles. The lowest BCUT2D eigenvalue weighted by atomic mass is 9.96. The van der Waals surface area contributed by atoms with Gasteiger partial charge in [-0.3, -0.25) is 9.59 Å². The molecule has 2 rings (SSSR count). The third-order valence-electron chi connectivity index (χ3n) is 2.54. The maximum absolute atomic E-state index is 11.6. The zero-order valence-corrected chi connectivity index (χ0v) is 9.30. The summed E-state index contributed by atoms with van der Waals surface area (Å²) < 4.78 is 9.79. The average molecular weight is 236 g/mol. The van der Waals surface area contributed by atoms with Crippen molar-refractivity contribution >= 4 is 11.9 Å². The number of ether oxygens (including phenoxy) is 2. The summed E-state index contributed by atoms with van der Waals surface area (Å²) >= 11 is 0. The van der Waals surface area contributed by atoms with Gasteiger partial charge in [-0.2, -0.15) is 0 Å². The molecule has 0 saturated heterocycles. The van der Waals surface area contributed by atoms with E-state index in [1.807, 2.05) is 0 Å². The number of carbonyl (C=O) groups excluding carboxylic acids is 2. The minimum Gasteiger partial charge on any atom is -0.508 e. The molecule has 1 aliphatic rings. The van der Waals surface area contributed by atoms with E-state index in [0.717, 1.165) is 0 Å². The molecule has 17 heavy (non-hydrogen) atoms. The van der Waals surface area contributed by atoms with Crippen LogP contribution in [0.15, 0.2) is 18.2 Å². The number of hydrogen-bond acceptors (Lipinski definition) is 5. The number of rotatable bonds is 2. The van der Waals surface area contributed by atoms with Crippen LogP contribution in [0.3, 0.4) is 0 Å². The van der Waals surface area contributed by atoms with Crippen molar-refractivity contribution < 1.29 is 24.2 Å². The molecule has 1 aromatic rings. The number of phenolic OH excluding ortho intramolecular Hbond substituents is 1. The Labute approximate surface area is 98.0 Å². The Morgan fingerprint density at radius 1 is 1.59 bits per heavy atom. The minimum atomic E-state index is -0.910. The molecule has 1 unspecified atom stereocenters. The molecule has 0 amide bonds. The second kappa shape index (κ2) is 4.45. The van der Waals surface area contributed by atoms with Gasteiger partial charge in [0.25, 0.3) is 0 Å². The maximum atomic E-state index is 11.6. The van der Waals surface area contributed by atoms with E-state index in [9.17, 15) is 14.7 Å². The molecule has 0 aromatic heterocycles. The minimum absolute atomic E-state index is 0.0196. The molecule has 0 bridgehead atoms. The van der Waals surface area contributed by atoms with Crippen molar-refractivity contribution in [2.75, 3.05) is 6.61 Å². The Balaban J connectivity index is 2.24. The highest BCUT2D eigenvalue weighted by molar-refractivity contribution is 5.97. The molecule has 1 atom stereocenters. The monoisotopic (exact) mass is 236 g/mol. The fourth-order valence-corrected chi connectivity index (χ4v) is 1.71. The van der Waals surface area contributed by atoms with Crippen LogP contribution in [-0.2, 0) is 20.7 Å². The van der Waals surface area contributed by atoms with Crippen LogP contribution in [0.5, 0.6) is 11.5 Å². The van der Waals surface area contributed by atoms with Crippen LogP contribution < -0.4 is 4.74 Å². The molecular formula is C12H12O5. The number of phenols is 1. The standard InChI is InChI=1S/C12H12O5/c1-2-16-11(14)9-5-7-3-4-8(13)6-10(7)17-12(9)15/h3-4,6,9,13H,2,5H2,1H3. The van der Waals surface area contributed by atoms with Gasteiger partial charge in [0.05, 0.1) is 6.61 Å². The molecule has 1 aliphatic heterocycles. The van der Waals surface area contributed by atoms with Crippen LogP contribution in [0.1, 0.15) is 12.5 Å². The molecular weight excluding hydrogens is 224 g/mol. The van der Waals surface area contributed by atoms with E-state index < -0.39 is 17.9 Å². The zero-order valence-electron chi connectivity index (χ0n) is 9.30. The van der Waals surface area contributed by atoms with Gasteiger partial charge in [0, 0.05) is 12.5 Å². The van der Waals surface area contributed by atoms with Crippen molar-refractivity contribution in [2.24, 2.45) is 5.92 Å². The first kappa shape index (κ1) is 11.4. The zero-order chi connectivity index (χ0) is 12.4. The molecule has 1 aromatic carbocycles. The maximum Gasteiger partial charge on any atom is 0.326 e. The van der Waals surface area contributed by atoms with Crippen molar-refractivity contribution in [1.29, 1.82) is 0 Å². The molecule has 0 fully saturated rings. The van der Waals surface area contributed by atoms with Gasteiger partial charge in [-0.25, -0.2) is 0 Å². The van der Waals surface area contributed by atoms with E-state index in [2.05, 4.69) is 0 Å². The Morgan fingerprint density at radius 2 is 2.35 bits per heavy atom. The van der Waals surface area contributed by atoms with Crippen LogP contribution in [0.4, 0.5) is 0 Å². The van der Waals surface area contributed by atoms with Crippen LogP contribution in [0.2, 0.25) is 0 Å². The predicted octanol–water partition coefficient (Wildman–Crippen LogP) is 1.03. The second-order valence-electron chi connectivity index (χ2n) is 3.72. The summed E-state index contributed by atoms with van der Waals surface area (Å²) in [7, 11) is 0. The largest absolute Gasteiger partial charge is 0.508 e. The normalized spacial score (nSPS) is 18.2. The molecule has 1 N–H and O–H groups in total. The van der Waals surface area contributed by atoms with E-state index in [0.29, 0.717) is 11.3 Å². The predicted molar refractivity (Wildman–Crippen MR) is 57.6 cm³/mol. The number of hydrogen-bond donors (Lipinski definition) is 1. The molecule has 1 heterocycles. The third kappa shape index (κ3) is 2.22. The Hall–Kier alpha value is -2.04. The fourth-order valence-electron chi connectivity index (χ4n) is 1.71. The van der Waals surface area contributed by atoms with Gasteiger partial charge in [0.15, 0.2) is 5.92 Å². The lowest BCUT2D eigenvalue weighted by Gasteiger charge is -2.21. The molecule has 5 nitrogen and oxygen atoms in total. The molecule has 5 heteroatoms. The highest BCUT2D eigenvalue weighted by atomic mass is 16.6. The molecule has 0 radical (unpaired) electrons. The first-order chi connectivity index (χ1) is 8.11. The summed E-state index contributed by atoms with van der Waals surface area (Å²) in [6.45, 7) is 1.91. The van der Waals surface area contributed by atoms with Crippen LogP contribution in [0.25, 0.3) is 0 Å². The number of esters is 2. The summed E-state index contributed by atoms with van der Waals surface area (Å²) in [5.74, 6) is -1.80. The summed E-state index contributed by atoms with van der Waals surface area (Å²) in [5.41, 5.74) is 0.709. The first-order valence-corrected chi connectivity index (χ1v) is 5.32. The summed E-state index contributed by atoms with van der Waals surface area (Å²) in [5, 5.41) is 9.25. The summed E-state index contributed by atoms with van der Waals surface area (Å²) in [4.78, 5) is 23.1. The van der Waals surface area contributed by atoms with Crippen LogP contribution in [-0.4, -0.2) is 23.7 Å². The van der Waals surface area contributed by atoms with Gasteiger partial charge in [0.2, 0.25) is 0 Å².